The Kier molecular flexibility index (Phi) is 4.94. The van der Waals surface area contributed by atoms with E-state index in [2.05, 4.69) is 20.3 Å². The molecule has 0 radical (unpaired) electrons. The second-order valence-corrected chi connectivity index (χ2v) is 5.05. The minimum Gasteiger partial charge on any atom is -0.395 e. The molecule has 0 aliphatic carbocycles. The lowest BCUT2D eigenvalue weighted by Crippen LogP contribution is -2.09. The molecular formula is C16H14F3N5O. The lowest BCUT2D eigenvalue weighted by molar-refractivity contribution is 0.0718. The molecular weight excluding hydrogens is 335 g/mol. The molecule has 1 aromatic carbocycles. The van der Waals surface area contributed by atoms with E-state index in [0.29, 0.717) is 10.1 Å². The normalized spacial score (nSPS) is 11.1. The summed E-state index contributed by atoms with van der Waals surface area (Å²) in [5, 5.41) is 11.6. The largest absolute Gasteiger partial charge is 0.395 e. The van der Waals surface area contributed by atoms with Crippen molar-refractivity contribution < 1.29 is 18.3 Å². The molecule has 2 heterocycles. The van der Waals surface area contributed by atoms with E-state index in [4.69, 9.17) is 5.11 Å². The summed E-state index contributed by atoms with van der Waals surface area (Å²) in [6.07, 6.45) is 2.43. The topological polar surface area (TPSA) is 75.9 Å². The van der Waals surface area contributed by atoms with Crippen molar-refractivity contribution in [2.24, 2.45) is 0 Å². The van der Waals surface area contributed by atoms with Crippen LogP contribution < -0.4 is 5.32 Å². The van der Waals surface area contributed by atoms with Gasteiger partial charge in [0.05, 0.1) is 23.7 Å². The maximum atomic E-state index is 13.4. The van der Waals surface area contributed by atoms with Gasteiger partial charge in [-0.3, -0.25) is 4.57 Å². The van der Waals surface area contributed by atoms with Crippen molar-refractivity contribution in [2.45, 2.75) is 6.55 Å². The van der Waals surface area contributed by atoms with Crippen molar-refractivity contribution >= 4 is 5.95 Å². The minimum absolute atomic E-state index is 0.0936. The quantitative estimate of drug-likeness (QED) is 0.716. The van der Waals surface area contributed by atoms with Crippen LogP contribution in [0.25, 0.3) is 22.6 Å². The van der Waals surface area contributed by atoms with E-state index in [1.807, 2.05) is 0 Å². The second kappa shape index (κ2) is 7.31. The number of rotatable bonds is 6. The fourth-order valence-corrected chi connectivity index (χ4v) is 2.33. The average Bonchev–Trinajstić information content (AvgIpc) is 3.06. The molecule has 130 valence electrons. The van der Waals surface area contributed by atoms with Gasteiger partial charge in [-0.05, 0) is 30.3 Å². The van der Waals surface area contributed by atoms with Gasteiger partial charge in [-0.25, -0.2) is 19.3 Å². The fourth-order valence-electron chi connectivity index (χ4n) is 2.33. The molecule has 3 aromatic rings. The van der Waals surface area contributed by atoms with E-state index >= 15 is 0 Å². The average molecular weight is 349 g/mol. The molecule has 0 saturated carbocycles. The highest BCUT2D eigenvalue weighted by atomic mass is 19.3. The first-order chi connectivity index (χ1) is 12.1. The van der Waals surface area contributed by atoms with Gasteiger partial charge < -0.3 is 10.4 Å². The van der Waals surface area contributed by atoms with Crippen LogP contribution in [0.5, 0.6) is 0 Å². The van der Waals surface area contributed by atoms with Crippen LogP contribution in [0.1, 0.15) is 6.55 Å². The van der Waals surface area contributed by atoms with Crippen LogP contribution in [-0.2, 0) is 0 Å². The Bertz CT molecular complexity index is 851. The highest BCUT2D eigenvalue weighted by Crippen LogP contribution is 2.33. The summed E-state index contributed by atoms with van der Waals surface area (Å²) in [7, 11) is 0. The first-order valence-corrected chi connectivity index (χ1v) is 7.39. The van der Waals surface area contributed by atoms with Crippen molar-refractivity contribution in [3.63, 3.8) is 0 Å². The van der Waals surface area contributed by atoms with Crippen LogP contribution in [0.15, 0.2) is 42.9 Å². The predicted octanol–water partition coefficient (Wildman–Crippen LogP) is 2.95. The number of nitrogens with zero attached hydrogens (tertiary/aromatic N) is 4. The van der Waals surface area contributed by atoms with Gasteiger partial charge in [-0.1, -0.05) is 0 Å². The monoisotopic (exact) mass is 349 g/mol. The number of benzene rings is 1. The van der Waals surface area contributed by atoms with Crippen LogP contribution in [0, 0.1) is 5.82 Å². The number of alkyl halides is 2. The molecule has 2 N–H and O–H groups in total. The number of aliphatic hydroxyl groups is 1. The number of hydrogen-bond acceptors (Lipinski definition) is 5. The molecule has 9 heteroatoms. The lowest BCUT2D eigenvalue weighted by atomic mass is 10.1. The highest BCUT2D eigenvalue weighted by Gasteiger charge is 2.21. The second-order valence-electron chi connectivity index (χ2n) is 5.05. The molecule has 0 aliphatic heterocycles. The van der Waals surface area contributed by atoms with Crippen LogP contribution >= 0.6 is 0 Å². The molecule has 0 bridgehead atoms. The molecule has 2 aromatic heterocycles. The minimum atomic E-state index is -2.82. The van der Waals surface area contributed by atoms with Gasteiger partial charge in [0.15, 0.2) is 0 Å². The number of halogens is 3. The van der Waals surface area contributed by atoms with E-state index < -0.39 is 12.4 Å². The Morgan fingerprint density at radius 2 is 1.88 bits per heavy atom. The number of imidazole rings is 1. The zero-order valence-corrected chi connectivity index (χ0v) is 12.9. The van der Waals surface area contributed by atoms with Crippen LogP contribution in [-0.4, -0.2) is 37.8 Å². The Morgan fingerprint density at radius 3 is 2.56 bits per heavy atom. The van der Waals surface area contributed by atoms with Crippen LogP contribution in [0.3, 0.4) is 0 Å². The Labute approximate surface area is 141 Å². The Morgan fingerprint density at radius 1 is 1.12 bits per heavy atom. The van der Waals surface area contributed by atoms with E-state index in [1.54, 1.807) is 0 Å². The number of aliphatic hydroxyl groups excluding tert-OH is 1. The summed E-state index contributed by atoms with van der Waals surface area (Å²) < 4.78 is 40.6. The maximum Gasteiger partial charge on any atom is 0.320 e. The third kappa shape index (κ3) is 3.61. The first-order valence-electron chi connectivity index (χ1n) is 7.39. The SMILES string of the molecule is OCCNc1nccc(-c2c(-c3ccc(F)cc3)ncn2C(F)F)n1. The molecule has 0 atom stereocenters. The summed E-state index contributed by atoms with van der Waals surface area (Å²) >= 11 is 0. The van der Waals surface area contributed by atoms with Gasteiger partial charge in [-0.2, -0.15) is 8.78 Å². The van der Waals surface area contributed by atoms with Crippen molar-refractivity contribution in [3.8, 4) is 22.6 Å². The zero-order valence-electron chi connectivity index (χ0n) is 12.9. The summed E-state index contributed by atoms with van der Waals surface area (Å²) in [5.41, 5.74) is 1.06. The molecule has 0 spiro atoms. The van der Waals surface area contributed by atoms with Gasteiger partial charge in [0, 0.05) is 18.3 Å². The number of hydrogen-bond donors (Lipinski definition) is 2. The zero-order chi connectivity index (χ0) is 17.8. The van der Waals surface area contributed by atoms with Crippen molar-refractivity contribution in [3.05, 3.63) is 48.7 Å². The summed E-state index contributed by atoms with van der Waals surface area (Å²) in [6, 6.07) is 6.86. The first kappa shape index (κ1) is 16.9. The molecule has 0 unspecified atom stereocenters. The Balaban J connectivity index is 2.10. The number of anilines is 1. The standard InChI is InChI=1S/C16H14F3N5O/c17-11-3-1-10(2-4-11)13-14(24(9-22-13)15(18)19)12-5-6-20-16(23-12)21-7-8-25/h1-6,9,15,25H,7-8H2,(H,20,21,23). The maximum absolute atomic E-state index is 13.4. The fraction of sp³-hybridized carbons (Fsp3) is 0.188. The molecule has 0 amide bonds. The highest BCUT2D eigenvalue weighted by molar-refractivity contribution is 5.77. The van der Waals surface area contributed by atoms with Gasteiger partial charge in [-0.15, -0.1) is 0 Å². The third-order valence-corrected chi connectivity index (χ3v) is 3.41. The van der Waals surface area contributed by atoms with Gasteiger partial charge >= 0.3 is 6.55 Å². The molecule has 25 heavy (non-hydrogen) atoms. The van der Waals surface area contributed by atoms with Gasteiger partial charge in [0.25, 0.3) is 0 Å². The molecule has 3 rings (SSSR count). The van der Waals surface area contributed by atoms with Crippen molar-refractivity contribution in [1.29, 1.82) is 0 Å². The smallest absolute Gasteiger partial charge is 0.320 e. The molecule has 0 fully saturated rings. The lowest BCUT2D eigenvalue weighted by Gasteiger charge is -2.10. The summed E-state index contributed by atoms with van der Waals surface area (Å²) in [5.74, 6) is -0.241. The van der Waals surface area contributed by atoms with E-state index in [9.17, 15) is 13.2 Å². The summed E-state index contributed by atoms with van der Waals surface area (Å²) in [4.78, 5) is 12.2. The molecule has 0 saturated heterocycles. The predicted molar refractivity (Wildman–Crippen MR) is 85.5 cm³/mol. The molecule has 0 aliphatic rings. The summed E-state index contributed by atoms with van der Waals surface area (Å²) in [6.45, 7) is -2.72. The van der Waals surface area contributed by atoms with E-state index in [1.165, 1.54) is 36.5 Å². The Hall–Kier alpha value is -2.94. The van der Waals surface area contributed by atoms with Crippen molar-refractivity contribution in [1.82, 2.24) is 19.5 Å². The van der Waals surface area contributed by atoms with Crippen LogP contribution in [0.2, 0.25) is 0 Å². The number of nitrogens with one attached hydrogen (secondary N) is 1. The molecule has 6 nitrogen and oxygen atoms in total. The third-order valence-electron chi connectivity index (χ3n) is 3.41. The van der Waals surface area contributed by atoms with Crippen LogP contribution in [0.4, 0.5) is 19.1 Å². The number of aromatic nitrogens is 4. The van der Waals surface area contributed by atoms with E-state index in [-0.39, 0.29) is 36.2 Å². The van der Waals surface area contributed by atoms with Crippen molar-refractivity contribution in [2.75, 3.05) is 18.5 Å². The van der Waals surface area contributed by atoms with E-state index in [0.717, 1.165) is 6.33 Å². The van der Waals surface area contributed by atoms with Gasteiger partial charge in [0.1, 0.15) is 12.1 Å². The van der Waals surface area contributed by atoms with Gasteiger partial charge in [0.2, 0.25) is 5.95 Å².